The van der Waals surface area contributed by atoms with Crippen molar-refractivity contribution in [1.82, 2.24) is 4.98 Å². The van der Waals surface area contributed by atoms with E-state index in [1.807, 2.05) is 0 Å². The van der Waals surface area contributed by atoms with E-state index in [1.54, 1.807) is 0 Å². The molecule has 0 saturated carbocycles. The van der Waals surface area contributed by atoms with Crippen LogP contribution in [0.3, 0.4) is 0 Å². The maximum absolute atomic E-state index is 15.8. The van der Waals surface area contributed by atoms with Gasteiger partial charge in [0.15, 0.2) is 5.82 Å². The zero-order valence-corrected chi connectivity index (χ0v) is 20.7. The molecule has 1 unspecified atom stereocenters. The molecule has 1 atom stereocenters. The molecule has 38 heavy (non-hydrogen) atoms. The molecular formula is C24H22F6N4O3S. The zero-order chi connectivity index (χ0) is 28.1. The summed E-state index contributed by atoms with van der Waals surface area (Å²) in [5.41, 5.74) is -1.37. The van der Waals surface area contributed by atoms with E-state index >= 15 is 4.39 Å². The van der Waals surface area contributed by atoms with Crippen LogP contribution in [-0.4, -0.2) is 51.9 Å². The molecule has 0 aliphatic heterocycles. The van der Waals surface area contributed by atoms with Crippen LogP contribution in [0, 0.1) is 11.2 Å². The van der Waals surface area contributed by atoms with Crippen molar-refractivity contribution in [2.45, 2.75) is 24.9 Å². The van der Waals surface area contributed by atoms with Gasteiger partial charge in [-0.2, -0.15) is 13.2 Å². The molecule has 7 nitrogen and oxygen atoms in total. The van der Waals surface area contributed by atoms with Crippen LogP contribution in [0.5, 0.6) is 0 Å². The van der Waals surface area contributed by atoms with Gasteiger partial charge in [0.25, 0.3) is 10.0 Å². The highest BCUT2D eigenvalue weighted by Gasteiger charge is 2.34. The van der Waals surface area contributed by atoms with Gasteiger partial charge in [0, 0.05) is 44.1 Å². The number of halogens is 6. The largest absolute Gasteiger partial charge is 0.407 e. The Kier molecular flexibility index (Phi) is 9.09. The SMILES string of the molecule is COCN(c1cccc(C(=N)C(C=NCC(F)(F)F)c2ccncc2)c1F)S(=O)(=O)C1=C(F)CCC(F)=C1. The number of alkyl halides is 3. The summed E-state index contributed by atoms with van der Waals surface area (Å²) in [7, 11) is -3.76. The summed E-state index contributed by atoms with van der Waals surface area (Å²) < 4.78 is 114. The van der Waals surface area contributed by atoms with Crippen molar-refractivity contribution < 1.29 is 39.5 Å². The highest BCUT2D eigenvalue weighted by atomic mass is 32.2. The molecule has 0 radical (unpaired) electrons. The number of aliphatic imine (C=N–C) groups is 1. The van der Waals surface area contributed by atoms with E-state index in [9.17, 15) is 30.4 Å². The van der Waals surface area contributed by atoms with Gasteiger partial charge in [0.05, 0.1) is 17.3 Å². The van der Waals surface area contributed by atoms with Gasteiger partial charge in [-0.3, -0.25) is 9.98 Å². The standard InChI is InChI=1S/C24H22F6N4O3S/c1-37-14-34(38(35,36)21-11-16(25)5-6-19(21)26)20-4-2-3-17(22(20)27)23(31)18(12-33-13-24(28,29)30)15-7-9-32-10-8-15/h2-4,7-12,18,31H,5-6,13-14H2,1H3. The molecule has 0 fully saturated rings. The smallest absolute Gasteiger partial charge is 0.363 e. The Hall–Kier alpha value is -3.52. The third-order valence-electron chi connectivity index (χ3n) is 5.39. The van der Waals surface area contributed by atoms with Crippen LogP contribution in [0.1, 0.15) is 29.9 Å². The molecule has 0 saturated heterocycles. The maximum atomic E-state index is 15.8. The van der Waals surface area contributed by atoms with Gasteiger partial charge in [0.2, 0.25) is 0 Å². The Labute approximate surface area is 214 Å². The van der Waals surface area contributed by atoms with Gasteiger partial charge in [-0.05, 0) is 29.8 Å². The second-order valence-electron chi connectivity index (χ2n) is 8.05. The molecule has 0 bridgehead atoms. The van der Waals surface area contributed by atoms with Crippen LogP contribution in [0.25, 0.3) is 0 Å². The summed E-state index contributed by atoms with van der Waals surface area (Å²) in [5.74, 6) is -4.50. The van der Waals surface area contributed by atoms with Crippen molar-refractivity contribution in [2.24, 2.45) is 4.99 Å². The van der Waals surface area contributed by atoms with Crippen molar-refractivity contribution in [2.75, 3.05) is 24.7 Å². The molecule has 3 rings (SSSR count). The highest BCUT2D eigenvalue weighted by molar-refractivity contribution is 7.96. The lowest BCUT2D eigenvalue weighted by molar-refractivity contribution is -0.118. The number of rotatable bonds is 10. The number of methoxy groups -OCH3 is 1. The van der Waals surface area contributed by atoms with E-state index < -0.39 is 81.2 Å². The normalized spacial score (nSPS) is 15.5. The quantitative estimate of drug-likeness (QED) is 0.233. The van der Waals surface area contributed by atoms with Gasteiger partial charge >= 0.3 is 6.18 Å². The average molecular weight is 561 g/mol. The summed E-state index contributed by atoms with van der Waals surface area (Å²) in [6.45, 7) is -2.32. The number of benzene rings is 1. The molecule has 1 heterocycles. The first-order valence-corrected chi connectivity index (χ1v) is 12.4. The lowest BCUT2D eigenvalue weighted by atomic mass is 9.91. The van der Waals surface area contributed by atoms with Crippen molar-refractivity contribution in [1.29, 1.82) is 5.41 Å². The second-order valence-corrected chi connectivity index (χ2v) is 9.88. The first-order valence-electron chi connectivity index (χ1n) is 11.0. The molecule has 14 heteroatoms. The Morgan fingerprint density at radius 1 is 1.18 bits per heavy atom. The molecule has 204 valence electrons. The lowest BCUT2D eigenvalue weighted by Crippen LogP contribution is -2.35. The van der Waals surface area contributed by atoms with Crippen LogP contribution in [-0.2, 0) is 14.8 Å². The zero-order valence-electron chi connectivity index (χ0n) is 19.8. The molecule has 1 aliphatic rings. The minimum absolute atomic E-state index is 0.275. The Morgan fingerprint density at radius 3 is 2.50 bits per heavy atom. The fourth-order valence-corrected chi connectivity index (χ4v) is 5.15. The van der Waals surface area contributed by atoms with Gasteiger partial charge in [0.1, 0.15) is 29.8 Å². The highest BCUT2D eigenvalue weighted by Crippen LogP contribution is 2.35. The number of hydrogen-bond acceptors (Lipinski definition) is 6. The number of nitrogens with one attached hydrogen (secondary N) is 1. The van der Waals surface area contributed by atoms with Crippen LogP contribution < -0.4 is 4.31 Å². The third kappa shape index (κ3) is 6.67. The Bertz CT molecular complexity index is 1380. The first-order chi connectivity index (χ1) is 17.9. The van der Waals surface area contributed by atoms with Crippen LogP contribution >= 0.6 is 0 Å². The minimum atomic E-state index is -4.86. The van der Waals surface area contributed by atoms with Crippen LogP contribution in [0.4, 0.5) is 32.0 Å². The fraction of sp³-hybridized carbons (Fsp3) is 0.292. The van der Waals surface area contributed by atoms with Gasteiger partial charge in [-0.25, -0.2) is 25.9 Å². The molecule has 0 amide bonds. The van der Waals surface area contributed by atoms with E-state index in [2.05, 4.69) is 9.98 Å². The maximum Gasteiger partial charge on any atom is 0.407 e. The van der Waals surface area contributed by atoms with Crippen molar-refractivity contribution >= 4 is 27.6 Å². The third-order valence-corrected chi connectivity index (χ3v) is 7.17. The molecule has 0 spiro atoms. The predicted octanol–water partition coefficient (Wildman–Crippen LogP) is 5.57. The van der Waals surface area contributed by atoms with Crippen LogP contribution in [0.2, 0.25) is 0 Å². The average Bonchev–Trinajstić information content (AvgIpc) is 2.86. The molecule has 1 aromatic carbocycles. The van der Waals surface area contributed by atoms with E-state index in [-0.39, 0.29) is 12.0 Å². The van der Waals surface area contributed by atoms with E-state index in [0.29, 0.717) is 10.4 Å². The predicted molar refractivity (Wildman–Crippen MR) is 129 cm³/mol. The van der Waals surface area contributed by atoms with E-state index in [1.165, 1.54) is 30.6 Å². The number of anilines is 1. The van der Waals surface area contributed by atoms with Crippen LogP contribution in [0.15, 0.2) is 70.4 Å². The van der Waals surface area contributed by atoms with Gasteiger partial charge in [-0.1, -0.05) is 12.1 Å². The summed E-state index contributed by atoms with van der Waals surface area (Å²) in [6, 6.07) is 6.18. The fourth-order valence-electron chi connectivity index (χ4n) is 3.61. The van der Waals surface area contributed by atoms with Crippen molar-refractivity contribution in [3.8, 4) is 0 Å². The summed E-state index contributed by atoms with van der Waals surface area (Å²) in [5, 5.41) is 8.59. The molecular weight excluding hydrogens is 538 g/mol. The first kappa shape index (κ1) is 29.0. The number of pyridine rings is 1. The summed E-state index contributed by atoms with van der Waals surface area (Å²) in [4.78, 5) is 6.17. The minimum Gasteiger partial charge on any atom is -0.363 e. The molecule has 1 aromatic heterocycles. The summed E-state index contributed by atoms with van der Waals surface area (Å²) >= 11 is 0. The second kappa shape index (κ2) is 11.9. The number of nitrogens with zero attached hydrogens (tertiary/aromatic N) is 3. The Balaban J connectivity index is 2.09. The lowest BCUT2D eigenvalue weighted by Gasteiger charge is -2.26. The number of ether oxygens (including phenoxy) is 1. The monoisotopic (exact) mass is 560 g/mol. The topological polar surface area (TPSA) is 95.7 Å². The molecule has 2 aromatic rings. The summed E-state index contributed by atoms with van der Waals surface area (Å²) in [6.07, 6.45) is -1.44. The van der Waals surface area contributed by atoms with Crippen molar-refractivity contribution in [3.63, 3.8) is 0 Å². The van der Waals surface area contributed by atoms with E-state index in [4.69, 9.17) is 10.1 Å². The number of hydrogen-bond donors (Lipinski definition) is 1. The Morgan fingerprint density at radius 2 is 1.87 bits per heavy atom. The number of allylic oxidation sites excluding steroid dienone is 3. The van der Waals surface area contributed by atoms with Gasteiger partial charge in [-0.15, -0.1) is 0 Å². The molecule has 1 N–H and O–H groups in total. The van der Waals surface area contributed by atoms with Crippen molar-refractivity contribution in [3.05, 3.63) is 82.3 Å². The number of sulfonamides is 1. The van der Waals surface area contributed by atoms with Gasteiger partial charge < -0.3 is 10.1 Å². The molecule has 1 aliphatic carbocycles. The number of aromatic nitrogens is 1. The van der Waals surface area contributed by atoms with E-state index in [0.717, 1.165) is 25.5 Å².